The third kappa shape index (κ3) is 4.04. The maximum Gasteiger partial charge on any atom is 0.349 e. The third-order valence-corrected chi connectivity index (χ3v) is 4.48. The Hall–Kier alpha value is -4.01. The topological polar surface area (TPSA) is 115 Å². The number of aromatic nitrogens is 4. The number of fused-ring (bicyclic) bond motifs is 1. The molecule has 152 valence electrons. The van der Waals surface area contributed by atoms with Crippen molar-refractivity contribution in [2.45, 2.75) is 13.8 Å². The molecule has 0 radical (unpaired) electrons. The second kappa shape index (κ2) is 8.16. The number of carbonyl (C=O) groups is 1. The molecule has 3 heterocycles. The largest absolute Gasteiger partial charge is 0.422 e. The summed E-state index contributed by atoms with van der Waals surface area (Å²) in [6.07, 6.45) is 0. The van der Waals surface area contributed by atoms with Crippen LogP contribution in [0.2, 0.25) is 0 Å². The van der Waals surface area contributed by atoms with E-state index in [1.165, 1.54) is 6.07 Å². The minimum absolute atomic E-state index is 0.0252. The van der Waals surface area contributed by atoms with Gasteiger partial charge in [0, 0.05) is 24.2 Å². The summed E-state index contributed by atoms with van der Waals surface area (Å²) in [5.74, 6) is 0.712. The van der Waals surface area contributed by atoms with Crippen LogP contribution < -0.4 is 16.3 Å². The summed E-state index contributed by atoms with van der Waals surface area (Å²) in [5.41, 5.74) is 1.65. The standard InChI is InChI=1S/C21H20N6O3/c1-13-11-14(2)27(26-13)19-8-7-18(24-25-19)22-9-10-23-20(28)16-12-15-5-3-4-6-17(15)30-21(16)29/h3-8,11-12H,9-10H2,1-2H3,(H,22,24)(H,23,28). The van der Waals surface area contributed by atoms with E-state index in [2.05, 4.69) is 25.9 Å². The molecule has 0 saturated carbocycles. The lowest BCUT2D eigenvalue weighted by Crippen LogP contribution is -2.32. The van der Waals surface area contributed by atoms with Gasteiger partial charge in [0.25, 0.3) is 5.91 Å². The molecule has 1 aromatic carbocycles. The fourth-order valence-corrected chi connectivity index (χ4v) is 3.08. The lowest BCUT2D eigenvalue weighted by Gasteiger charge is -2.08. The quantitative estimate of drug-likeness (QED) is 0.374. The van der Waals surface area contributed by atoms with Gasteiger partial charge in [-0.2, -0.15) is 5.10 Å². The Morgan fingerprint density at radius 2 is 1.90 bits per heavy atom. The number of carbonyl (C=O) groups excluding carboxylic acids is 1. The maximum atomic E-state index is 12.3. The van der Waals surface area contributed by atoms with Gasteiger partial charge in [-0.1, -0.05) is 18.2 Å². The molecular weight excluding hydrogens is 384 g/mol. The van der Waals surface area contributed by atoms with Crippen LogP contribution >= 0.6 is 0 Å². The highest BCUT2D eigenvalue weighted by molar-refractivity contribution is 5.96. The van der Waals surface area contributed by atoms with E-state index < -0.39 is 11.5 Å². The highest BCUT2D eigenvalue weighted by Gasteiger charge is 2.13. The molecular formula is C21H20N6O3. The fraction of sp³-hybridized carbons (Fsp3) is 0.190. The smallest absolute Gasteiger partial charge is 0.349 e. The van der Waals surface area contributed by atoms with Gasteiger partial charge in [0.15, 0.2) is 5.82 Å². The van der Waals surface area contributed by atoms with Crippen molar-refractivity contribution in [3.63, 3.8) is 0 Å². The molecule has 0 saturated heterocycles. The Balaban J connectivity index is 1.33. The second-order valence-electron chi connectivity index (χ2n) is 6.78. The zero-order valence-corrected chi connectivity index (χ0v) is 16.5. The van der Waals surface area contributed by atoms with Gasteiger partial charge in [0.1, 0.15) is 17.0 Å². The summed E-state index contributed by atoms with van der Waals surface area (Å²) in [4.78, 5) is 24.4. The summed E-state index contributed by atoms with van der Waals surface area (Å²) in [6, 6.07) is 14.2. The van der Waals surface area contributed by atoms with Gasteiger partial charge < -0.3 is 15.1 Å². The first-order chi connectivity index (χ1) is 14.5. The number of hydrogen-bond acceptors (Lipinski definition) is 7. The molecule has 4 rings (SSSR count). The molecule has 1 amide bonds. The van der Waals surface area contributed by atoms with E-state index in [0.29, 0.717) is 35.7 Å². The van der Waals surface area contributed by atoms with Crippen molar-refractivity contribution in [1.82, 2.24) is 25.3 Å². The van der Waals surface area contributed by atoms with E-state index in [1.807, 2.05) is 32.0 Å². The molecule has 0 bridgehead atoms. The molecule has 30 heavy (non-hydrogen) atoms. The van der Waals surface area contributed by atoms with Crippen LogP contribution in [0.15, 0.2) is 57.7 Å². The molecule has 9 heteroatoms. The molecule has 0 fully saturated rings. The van der Waals surface area contributed by atoms with E-state index in [1.54, 1.807) is 28.9 Å². The number of nitrogens with zero attached hydrogens (tertiary/aromatic N) is 4. The third-order valence-electron chi connectivity index (χ3n) is 4.48. The number of nitrogens with one attached hydrogen (secondary N) is 2. The van der Waals surface area contributed by atoms with Gasteiger partial charge in [-0.15, -0.1) is 10.2 Å². The number of aryl methyl sites for hydroxylation is 2. The zero-order valence-electron chi connectivity index (χ0n) is 16.5. The Bertz CT molecular complexity index is 1260. The van der Waals surface area contributed by atoms with Crippen molar-refractivity contribution < 1.29 is 9.21 Å². The average molecular weight is 404 g/mol. The molecule has 9 nitrogen and oxygen atoms in total. The van der Waals surface area contributed by atoms with Crippen molar-refractivity contribution in [2.75, 3.05) is 18.4 Å². The van der Waals surface area contributed by atoms with E-state index >= 15 is 0 Å². The molecule has 0 aliphatic carbocycles. The lowest BCUT2D eigenvalue weighted by molar-refractivity contribution is 0.0951. The van der Waals surface area contributed by atoms with Gasteiger partial charge in [-0.25, -0.2) is 9.48 Å². The lowest BCUT2D eigenvalue weighted by atomic mass is 10.2. The highest BCUT2D eigenvalue weighted by atomic mass is 16.4. The molecule has 0 aliphatic heterocycles. The van der Waals surface area contributed by atoms with E-state index in [-0.39, 0.29) is 5.56 Å². The van der Waals surface area contributed by atoms with Crippen molar-refractivity contribution in [3.8, 4) is 5.82 Å². The van der Waals surface area contributed by atoms with Gasteiger partial charge in [0.2, 0.25) is 0 Å². The molecule has 4 aromatic rings. The van der Waals surface area contributed by atoms with Gasteiger partial charge in [-0.05, 0) is 44.2 Å². The summed E-state index contributed by atoms with van der Waals surface area (Å²) in [6.45, 7) is 4.58. The summed E-state index contributed by atoms with van der Waals surface area (Å²) in [7, 11) is 0. The fourth-order valence-electron chi connectivity index (χ4n) is 3.08. The van der Waals surface area contributed by atoms with Crippen LogP contribution in [0.1, 0.15) is 21.7 Å². The van der Waals surface area contributed by atoms with Crippen molar-refractivity contribution in [2.24, 2.45) is 0 Å². The highest BCUT2D eigenvalue weighted by Crippen LogP contribution is 2.13. The predicted octanol–water partition coefficient (Wildman–Crippen LogP) is 2.23. The molecule has 0 aliphatic rings. The number of hydrogen-bond donors (Lipinski definition) is 2. The molecule has 2 N–H and O–H groups in total. The molecule has 0 atom stereocenters. The summed E-state index contributed by atoms with van der Waals surface area (Å²) >= 11 is 0. The van der Waals surface area contributed by atoms with Crippen molar-refractivity contribution in [1.29, 1.82) is 0 Å². The zero-order chi connectivity index (χ0) is 21.1. The van der Waals surface area contributed by atoms with E-state index in [0.717, 1.165) is 11.4 Å². The second-order valence-corrected chi connectivity index (χ2v) is 6.78. The monoisotopic (exact) mass is 404 g/mol. The normalized spacial score (nSPS) is 10.9. The van der Waals surface area contributed by atoms with Crippen LogP contribution in [0.3, 0.4) is 0 Å². The first kappa shape index (κ1) is 19.3. The van der Waals surface area contributed by atoms with Crippen LogP contribution in [0, 0.1) is 13.8 Å². The number of para-hydroxylation sites is 1. The first-order valence-electron chi connectivity index (χ1n) is 9.43. The van der Waals surface area contributed by atoms with E-state index in [9.17, 15) is 9.59 Å². The van der Waals surface area contributed by atoms with Crippen LogP contribution in [0.25, 0.3) is 16.8 Å². The van der Waals surface area contributed by atoms with E-state index in [4.69, 9.17) is 4.42 Å². The number of amides is 1. The maximum absolute atomic E-state index is 12.3. The van der Waals surface area contributed by atoms with Crippen molar-refractivity contribution in [3.05, 3.63) is 75.9 Å². The number of rotatable bonds is 6. The van der Waals surface area contributed by atoms with Crippen molar-refractivity contribution >= 4 is 22.7 Å². The molecule has 3 aromatic heterocycles. The minimum atomic E-state index is -0.662. The Morgan fingerprint density at radius 1 is 1.07 bits per heavy atom. The van der Waals surface area contributed by atoms with Gasteiger partial charge in [0.05, 0.1) is 5.69 Å². The molecule has 0 unspecified atom stereocenters. The summed E-state index contributed by atoms with van der Waals surface area (Å²) in [5, 5.41) is 19.1. The molecule has 0 spiro atoms. The Kier molecular flexibility index (Phi) is 5.25. The van der Waals surface area contributed by atoms with Crippen LogP contribution in [-0.4, -0.2) is 39.0 Å². The SMILES string of the molecule is Cc1cc(C)n(-c2ccc(NCCNC(=O)c3cc4ccccc4oc3=O)nn2)n1. The van der Waals surface area contributed by atoms with Crippen LogP contribution in [0.5, 0.6) is 0 Å². The average Bonchev–Trinajstić information content (AvgIpc) is 3.09. The van der Waals surface area contributed by atoms with Crippen LogP contribution in [-0.2, 0) is 0 Å². The van der Waals surface area contributed by atoms with Gasteiger partial charge in [-0.3, -0.25) is 4.79 Å². The summed E-state index contributed by atoms with van der Waals surface area (Å²) < 4.78 is 6.91. The number of anilines is 1. The van der Waals surface area contributed by atoms with Crippen LogP contribution in [0.4, 0.5) is 5.82 Å². The van der Waals surface area contributed by atoms with Gasteiger partial charge >= 0.3 is 5.63 Å². The first-order valence-corrected chi connectivity index (χ1v) is 9.43. The number of benzene rings is 1. The predicted molar refractivity (Wildman–Crippen MR) is 112 cm³/mol. The minimum Gasteiger partial charge on any atom is -0.422 e. The Labute approximate surface area is 171 Å². The Morgan fingerprint density at radius 3 is 2.63 bits per heavy atom.